The van der Waals surface area contributed by atoms with Crippen LogP contribution in [0.1, 0.15) is 18.4 Å². The minimum Gasteiger partial charge on any atom is -0.504 e. The Morgan fingerprint density at radius 3 is 2.50 bits per heavy atom. The van der Waals surface area contributed by atoms with Crippen LogP contribution in [0, 0.1) is 11.7 Å². The predicted octanol–water partition coefficient (Wildman–Crippen LogP) is 5.02. The summed E-state index contributed by atoms with van der Waals surface area (Å²) >= 11 is 0. The number of phenols is 1. The van der Waals surface area contributed by atoms with Gasteiger partial charge in [-0.3, -0.25) is 4.90 Å². The molecule has 3 aromatic rings. The van der Waals surface area contributed by atoms with E-state index < -0.39 is 0 Å². The van der Waals surface area contributed by atoms with E-state index in [4.69, 9.17) is 4.74 Å². The van der Waals surface area contributed by atoms with Gasteiger partial charge in [-0.05, 0) is 67.4 Å². The second-order valence-corrected chi connectivity index (χ2v) is 7.60. The van der Waals surface area contributed by atoms with Crippen molar-refractivity contribution < 1.29 is 14.2 Å². The molecule has 3 nitrogen and oxygen atoms in total. The van der Waals surface area contributed by atoms with E-state index in [1.165, 1.54) is 5.56 Å². The van der Waals surface area contributed by atoms with Gasteiger partial charge in [0.15, 0.2) is 11.5 Å². The predicted molar refractivity (Wildman–Crippen MR) is 110 cm³/mol. The Kier molecular flexibility index (Phi) is 5.77. The molecule has 1 aliphatic rings. The fourth-order valence-corrected chi connectivity index (χ4v) is 4.03. The van der Waals surface area contributed by atoms with Crippen molar-refractivity contribution in [3.8, 4) is 11.5 Å². The number of halogens is 1. The summed E-state index contributed by atoms with van der Waals surface area (Å²) in [5.41, 5.74) is 1.22. The summed E-state index contributed by atoms with van der Waals surface area (Å²) in [6.45, 7) is 3.52. The molecule has 0 aliphatic carbocycles. The summed E-state index contributed by atoms with van der Waals surface area (Å²) < 4.78 is 19.0. The lowest BCUT2D eigenvalue weighted by atomic mass is 9.90. The average Bonchev–Trinajstić information content (AvgIpc) is 2.72. The molecule has 0 spiro atoms. The highest BCUT2D eigenvalue weighted by Gasteiger charge is 2.19. The molecular weight excluding hydrogens is 353 g/mol. The third-order valence-electron chi connectivity index (χ3n) is 5.66. The van der Waals surface area contributed by atoms with Gasteiger partial charge in [0, 0.05) is 11.9 Å². The van der Waals surface area contributed by atoms with Crippen molar-refractivity contribution >= 4 is 10.8 Å². The number of ether oxygens (including phenoxy) is 1. The number of benzene rings is 3. The number of hydrogen-bond donors (Lipinski definition) is 1. The zero-order valence-electron chi connectivity index (χ0n) is 16.0. The van der Waals surface area contributed by atoms with Crippen molar-refractivity contribution in [1.29, 1.82) is 0 Å². The van der Waals surface area contributed by atoms with Gasteiger partial charge in [0.05, 0.1) is 0 Å². The van der Waals surface area contributed by atoms with E-state index in [1.807, 2.05) is 42.5 Å². The van der Waals surface area contributed by atoms with Crippen LogP contribution in [-0.4, -0.2) is 36.2 Å². The van der Waals surface area contributed by atoms with Crippen LogP contribution in [0.15, 0.2) is 60.7 Å². The average molecular weight is 379 g/mol. The molecule has 1 heterocycles. The monoisotopic (exact) mass is 379 g/mol. The van der Waals surface area contributed by atoms with Gasteiger partial charge in [0.1, 0.15) is 12.4 Å². The maximum Gasteiger partial charge on any atom is 0.168 e. The lowest BCUT2D eigenvalue weighted by molar-refractivity contribution is 0.154. The highest BCUT2D eigenvalue weighted by molar-refractivity contribution is 5.90. The number of aromatic hydroxyl groups is 1. The first-order valence-corrected chi connectivity index (χ1v) is 9.99. The van der Waals surface area contributed by atoms with E-state index in [0.29, 0.717) is 18.3 Å². The van der Waals surface area contributed by atoms with Crippen LogP contribution in [0.5, 0.6) is 11.5 Å². The van der Waals surface area contributed by atoms with Crippen molar-refractivity contribution in [1.82, 2.24) is 4.90 Å². The van der Waals surface area contributed by atoms with E-state index in [1.54, 1.807) is 18.2 Å². The fraction of sp³-hybridized carbons (Fsp3) is 0.333. The van der Waals surface area contributed by atoms with Crippen molar-refractivity contribution in [2.24, 2.45) is 5.92 Å². The van der Waals surface area contributed by atoms with E-state index in [0.717, 1.165) is 49.7 Å². The summed E-state index contributed by atoms with van der Waals surface area (Å²) in [5, 5.41) is 12.2. The van der Waals surface area contributed by atoms with Crippen molar-refractivity contribution in [2.45, 2.75) is 19.3 Å². The second-order valence-electron chi connectivity index (χ2n) is 7.60. The number of hydrogen-bond acceptors (Lipinski definition) is 3. The zero-order chi connectivity index (χ0) is 19.3. The summed E-state index contributed by atoms with van der Waals surface area (Å²) in [4.78, 5) is 2.42. The van der Waals surface area contributed by atoms with Gasteiger partial charge in [0.2, 0.25) is 0 Å². The number of rotatable bonds is 6. The third kappa shape index (κ3) is 4.45. The summed E-state index contributed by atoms with van der Waals surface area (Å²) in [7, 11) is 0. The van der Waals surface area contributed by atoms with Crippen LogP contribution >= 0.6 is 0 Å². The van der Waals surface area contributed by atoms with Crippen LogP contribution in [0.2, 0.25) is 0 Å². The van der Waals surface area contributed by atoms with E-state index in [-0.39, 0.29) is 11.6 Å². The highest BCUT2D eigenvalue weighted by atomic mass is 19.1. The van der Waals surface area contributed by atoms with Crippen LogP contribution < -0.4 is 4.74 Å². The molecule has 0 amide bonds. The summed E-state index contributed by atoms with van der Waals surface area (Å²) in [5.74, 6) is 1.25. The second kappa shape index (κ2) is 8.61. The van der Waals surface area contributed by atoms with Crippen LogP contribution in [0.4, 0.5) is 4.39 Å². The summed E-state index contributed by atoms with van der Waals surface area (Å²) in [6.07, 6.45) is 3.32. The van der Waals surface area contributed by atoms with E-state index >= 15 is 0 Å². The molecule has 3 aromatic carbocycles. The van der Waals surface area contributed by atoms with Crippen molar-refractivity contribution in [2.75, 3.05) is 26.2 Å². The zero-order valence-corrected chi connectivity index (χ0v) is 16.0. The fourth-order valence-electron chi connectivity index (χ4n) is 4.03. The molecule has 0 unspecified atom stereocenters. The molecule has 28 heavy (non-hydrogen) atoms. The van der Waals surface area contributed by atoms with Gasteiger partial charge in [-0.15, -0.1) is 0 Å². The minimum atomic E-state index is -0.171. The first-order chi connectivity index (χ1) is 13.7. The molecule has 0 bridgehead atoms. The maximum absolute atomic E-state index is 13.0. The molecule has 0 saturated carbocycles. The van der Waals surface area contributed by atoms with Gasteiger partial charge in [0.25, 0.3) is 0 Å². The van der Waals surface area contributed by atoms with Gasteiger partial charge in [-0.1, -0.05) is 42.5 Å². The third-order valence-corrected chi connectivity index (χ3v) is 5.66. The largest absolute Gasteiger partial charge is 0.504 e. The quantitative estimate of drug-likeness (QED) is 0.653. The Bertz CT molecular complexity index is 918. The van der Waals surface area contributed by atoms with Gasteiger partial charge in [-0.2, -0.15) is 0 Å². The Hall–Kier alpha value is -2.59. The first kappa shape index (κ1) is 18.8. The number of likely N-dealkylation sites (tertiary alicyclic amines) is 1. The Balaban J connectivity index is 1.26. The smallest absolute Gasteiger partial charge is 0.168 e. The lowest BCUT2D eigenvalue weighted by Gasteiger charge is -2.32. The molecule has 1 aliphatic heterocycles. The minimum absolute atomic E-state index is 0.171. The summed E-state index contributed by atoms with van der Waals surface area (Å²) in [6, 6.07) is 18.4. The standard InChI is InChI=1S/C24H26FNO2/c25-21-8-5-18(6-9-21)17-19-11-13-26(14-12-19)15-16-28-24-22-4-2-1-3-20(22)7-10-23(24)27/h1-10,19,27H,11-17H2. The van der Waals surface area contributed by atoms with Crippen LogP contribution in [0.3, 0.4) is 0 Å². The Morgan fingerprint density at radius 1 is 0.964 bits per heavy atom. The molecule has 1 N–H and O–H groups in total. The maximum atomic E-state index is 13.0. The Morgan fingerprint density at radius 2 is 1.71 bits per heavy atom. The molecule has 4 rings (SSSR count). The SMILES string of the molecule is Oc1ccc2ccccc2c1OCCN1CCC(Cc2ccc(F)cc2)CC1. The highest BCUT2D eigenvalue weighted by Crippen LogP contribution is 2.34. The number of nitrogens with zero attached hydrogens (tertiary/aromatic N) is 1. The topological polar surface area (TPSA) is 32.7 Å². The first-order valence-electron chi connectivity index (χ1n) is 9.99. The van der Waals surface area contributed by atoms with Gasteiger partial charge >= 0.3 is 0 Å². The Labute approximate surface area is 165 Å². The van der Waals surface area contributed by atoms with E-state index in [2.05, 4.69) is 4.90 Å². The molecular formula is C24H26FNO2. The van der Waals surface area contributed by atoms with Gasteiger partial charge in [-0.25, -0.2) is 4.39 Å². The van der Waals surface area contributed by atoms with Crippen LogP contribution in [-0.2, 0) is 6.42 Å². The molecule has 4 heteroatoms. The number of phenolic OH excluding ortho intramolecular Hbond substituents is 1. The van der Waals surface area contributed by atoms with Crippen molar-refractivity contribution in [3.63, 3.8) is 0 Å². The lowest BCUT2D eigenvalue weighted by Crippen LogP contribution is -2.37. The molecule has 0 radical (unpaired) electrons. The molecule has 1 saturated heterocycles. The molecule has 146 valence electrons. The molecule has 0 atom stereocenters. The molecule has 0 aromatic heterocycles. The number of piperidine rings is 1. The molecule has 1 fully saturated rings. The van der Waals surface area contributed by atoms with Gasteiger partial charge < -0.3 is 9.84 Å². The van der Waals surface area contributed by atoms with E-state index in [9.17, 15) is 9.50 Å². The van der Waals surface area contributed by atoms with Crippen LogP contribution in [0.25, 0.3) is 10.8 Å². The van der Waals surface area contributed by atoms with Crippen molar-refractivity contribution in [3.05, 3.63) is 72.0 Å². The normalized spacial score (nSPS) is 15.8. The number of fused-ring (bicyclic) bond motifs is 1.